The van der Waals surface area contributed by atoms with Crippen molar-refractivity contribution >= 4 is 12.2 Å². The van der Waals surface area contributed by atoms with Gasteiger partial charge in [-0.1, -0.05) is 13.8 Å². The third-order valence-electron chi connectivity index (χ3n) is 2.36. The van der Waals surface area contributed by atoms with E-state index in [2.05, 4.69) is 0 Å². The average Bonchev–Trinajstić information content (AvgIpc) is 2.19. The molecule has 0 bridgehead atoms. The second-order valence-electron chi connectivity index (χ2n) is 3.18. The van der Waals surface area contributed by atoms with Crippen LogP contribution in [-0.4, -0.2) is 30.2 Å². The summed E-state index contributed by atoms with van der Waals surface area (Å²) in [6, 6.07) is 0. The monoisotopic (exact) mass is 155 g/mol. The molecule has 1 saturated heterocycles. The van der Waals surface area contributed by atoms with Crippen LogP contribution >= 0.6 is 0 Å². The lowest BCUT2D eigenvalue weighted by atomic mass is 10.0. The fourth-order valence-corrected chi connectivity index (χ4v) is 1.38. The molecule has 1 fully saturated rings. The van der Waals surface area contributed by atoms with E-state index in [1.54, 1.807) is 4.90 Å². The van der Waals surface area contributed by atoms with Gasteiger partial charge in [-0.15, -0.1) is 0 Å². The minimum absolute atomic E-state index is 0.0925. The molecule has 0 N–H and O–H groups in total. The van der Waals surface area contributed by atoms with Crippen molar-refractivity contribution in [2.45, 2.75) is 13.8 Å². The molecule has 1 rings (SSSR count). The van der Waals surface area contributed by atoms with Crippen molar-refractivity contribution < 1.29 is 9.59 Å². The van der Waals surface area contributed by atoms with Crippen molar-refractivity contribution in [3.8, 4) is 0 Å². The van der Waals surface area contributed by atoms with E-state index in [1.165, 1.54) is 0 Å². The van der Waals surface area contributed by atoms with Crippen LogP contribution in [0.2, 0.25) is 0 Å². The first kappa shape index (κ1) is 8.24. The molecule has 3 nitrogen and oxygen atoms in total. The van der Waals surface area contributed by atoms with E-state index < -0.39 is 0 Å². The highest BCUT2D eigenvalue weighted by Gasteiger charge is 2.33. The molecule has 0 aromatic rings. The smallest absolute Gasteiger partial charge is 0.226 e. The summed E-state index contributed by atoms with van der Waals surface area (Å²) in [6.07, 6.45) is 0.780. The van der Waals surface area contributed by atoms with Gasteiger partial charge < -0.3 is 9.69 Å². The number of hydrogen-bond acceptors (Lipinski definition) is 2. The molecule has 1 aliphatic rings. The van der Waals surface area contributed by atoms with Crippen LogP contribution in [0.4, 0.5) is 0 Å². The highest BCUT2D eigenvalue weighted by atomic mass is 16.2. The number of carbonyl (C=O) groups excluding carboxylic acids is 2. The van der Waals surface area contributed by atoms with Gasteiger partial charge in [0, 0.05) is 12.5 Å². The van der Waals surface area contributed by atoms with Gasteiger partial charge in [0.25, 0.3) is 0 Å². The Labute approximate surface area is 66.4 Å². The van der Waals surface area contributed by atoms with Crippen molar-refractivity contribution in [3.05, 3.63) is 0 Å². The van der Waals surface area contributed by atoms with Gasteiger partial charge in [0.2, 0.25) is 5.91 Å². The molecule has 0 aromatic carbocycles. The van der Waals surface area contributed by atoms with Gasteiger partial charge >= 0.3 is 0 Å². The summed E-state index contributed by atoms with van der Waals surface area (Å²) in [5.41, 5.74) is 0. The standard InChI is InChI=1S/C8H13NO2/c1-6-5-9(3-4-10)8(11)7(6)2/h4,6-7H,3,5H2,1-2H3. The Bertz CT molecular complexity index is 179. The highest BCUT2D eigenvalue weighted by Crippen LogP contribution is 2.22. The summed E-state index contributed by atoms with van der Waals surface area (Å²) in [5, 5.41) is 0. The summed E-state index contributed by atoms with van der Waals surface area (Å²) >= 11 is 0. The SMILES string of the molecule is CC1CN(CC=O)C(=O)C1C. The third kappa shape index (κ3) is 1.42. The van der Waals surface area contributed by atoms with E-state index in [9.17, 15) is 9.59 Å². The van der Waals surface area contributed by atoms with Gasteiger partial charge in [0.15, 0.2) is 0 Å². The molecular weight excluding hydrogens is 142 g/mol. The van der Waals surface area contributed by atoms with E-state index in [1.807, 2.05) is 13.8 Å². The minimum Gasteiger partial charge on any atom is -0.335 e. The van der Waals surface area contributed by atoms with Crippen LogP contribution in [-0.2, 0) is 9.59 Å². The zero-order valence-electron chi connectivity index (χ0n) is 6.91. The third-order valence-corrected chi connectivity index (χ3v) is 2.36. The largest absolute Gasteiger partial charge is 0.335 e. The zero-order chi connectivity index (χ0) is 8.43. The zero-order valence-corrected chi connectivity index (χ0v) is 6.91. The number of hydrogen-bond donors (Lipinski definition) is 0. The molecule has 1 amide bonds. The molecule has 2 unspecified atom stereocenters. The van der Waals surface area contributed by atoms with Gasteiger partial charge in [0.1, 0.15) is 6.29 Å². The first-order valence-corrected chi connectivity index (χ1v) is 3.89. The molecule has 3 heteroatoms. The van der Waals surface area contributed by atoms with E-state index >= 15 is 0 Å². The quantitative estimate of drug-likeness (QED) is 0.538. The highest BCUT2D eigenvalue weighted by molar-refractivity contribution is 5.82. The first-order chi connectivity index (χ1) is 5.16. The maximum Gasteiger partial charge on any atom is 0.226 e. The van der Waals surface area contributed by atoms with Crippen LogP contribution in [0.1, 0.15) is 13.8 Å². The van der Waals surface area contributed by atoms with Crippen LogP contribution in [0.5, 0.6) is 0 Å². The van der Waals surface area contributed by atoms with E-state index in [0.717, 1.165) is 12.8 Å². The molecule has 0 aromatic heterocycles. The lowest BCUT2D eigenvalue weighted by molar-refractivity contribution is -0.132. The Hall–Kier alpha value is -0.860. The lowest BCUT2D eigenvalue weighted by Gasteiger charge is -2.10. The van der Waals surface area contributed by atoms with Crippen molar-refractivity contribution in [2.24, 2.45) is 11.8 Å². The van der Waals surface area contributed by atoms with Crippen LogP contribution in [0.25, 0.3) is 0 Å². The average molecular weight is 155 g/mol. The van der Waals surface area contributed by atoms with Gasteiger partial charge in [0.05, 0.1) is 6.54 Å². The number of likely N-dealkylation sites (tertiary alicyclic amines) is 1. The second-order valence-corrected chi connectivity index (χ2v) is 3.18. The van der Waals surface area contributed by atoms with Gasteiger partial charge in [-0.3, -0.25) is 4.79 Å². The van der Waals surface area contributed by atoms with E-state index in [-0.39, 0.29) is 18.4 Å². The van der Waals surface area contributed by atoms with Crippen molar-refractivity contribution in [1.82, 2.24) is 4.90 Å². The Morgan fingerprint density at radius 3 is 2.64 bits per heavy atom. The summed E-state index contributed by atoms with van der Waals surface area (Å²) in [6.45, 7) is 4.94. The van der Waals surface area contributed by atoms with Gasteiger partial charge in [-0.05, 0) is 5.92 Å². The van der Waals surface area contributed by atoms with E-state index in [0.29, 0.717) is 5.92 Å². The number of amides is 1. The van der Waals surface area contributed by atoms with Crippen molar-refractivity contribution in [3.63, 3.8) is 0 Å². The Balaban J connectivity index is 2.59. The molecule has 1 aliphatic heterocycles. The topological polar surface area (TPSA) is 37.4 Å². The molecular formula is C8H13NO2. The van der Waals surface area contributed by atoms with Crippen LogP contribution in [0, 0.1) is 11.8 Å². The Morgan fingerprint density at radius 2 is 2.27 bits per heavy atom. The summed E-state index contributed by atoms with van der Waals surface area (Å²) < 4.78 is 0. The Kier molecular flexibility index (Phi) is 2.27. The molecule has 2 atom stereocenters. The maximum atomic E-state index is 11.3. The maximum absolute atomic E-state index is 11.3. The summed E-state index contributed by atoms with van der Waals surface area (Å²) in [7, 11) is 0. The van der Waals surface area contributed by atoms with Crippen LogP contribution in [0.3, 0.4) is 0 Å². The number of carbonyl (C=O) groups is 2. The fraction of sp³-hybridized carbons (Fsp3) is 0.750. The van der Waals surface area contributed by atoms with Crippen molar-refractivity contribution in [1.29, 1.82) is 0 Å². The van der Waals surface area contributed by atoms with Crippen LogP contribution < -0.4 is 0 Å². The molecule has 0 spiro atoms. The van der Waals surface area contributed by atoms with Crippen molar-refractivity contribution in [2.75, 3.05) is 13.1 Å². The second kappa shape index (κ2) is 3.03. The minimum atomic E-state index is 0.0925. The van der Waals surface area contributed by atoms with Gasteiger partial charge in [-0.25, -0.2) is 0 Å². The molecule has 0 radical (unpaired) electrons. The normalized spacial score (nSPS) is 31.1. The predicted octanol–water partition coefficient (Wildman–Crippen LogP) is 0.300. The first-order valence-electron chi connectivity index (χ1n) is 3.89. The molecule has 0 aliphatic carbocycles. The summed E-state index contributed by atoms with van der Waals surface area (Å²) in [4.78, 5) is 23.0. The number of rotatable bonds is 2. The van der Waals surface area contributed by atoms with E-state index in [4.69, 9.17) is 0 Å². The molecule has 11 heavy (non-hydrogen) atoms. The lowest BCUT2D eigenvalue weighted by Crippen LogP contribution is -2.28. The Morgan fingerprint density at radius 1 is 1.64 bits per heavy atom. The molecule has 1 heterocycles. The van der Waals surface area contributed by atoms with Crippen LogP contribution in [0.15, 0.2) is 0 Å². The fourth-order valence-electron chi connectivity index (χ4n) is 1.38. The number of nitrogens with zero attached hydrogens (tertiary/aromatic N) is 1. The summed E-state index contributed by atoms with van der Waals surface area (Å²) in [5.74, 6) is 0.599. The molecule has 62 valence electrons. The van der Waals surface area contributed by atoms with Gasteiger partial charge in [-0.2, -0.15) is 0 Å². The molecule has 0 saturated carbocycles. The number of aldehydes is 1. The predicted molar refractivity (Wildman–Crippen MR) is 41.0 cm³/mol.